The van der Waals surface area contributed by atoms with Crippen LogP contribution in [0.15, 0.2) is 103 Å². The van der Waals surface area contributed by atoms with Gasteiger partial charge in [0.15, 0.2) is 0 Å². The lowest BCUT2D eigenvalue weighted by Crippen LogP contribution is -2.38. The zero-order valence-electron chi connectivity index (χ0n) is 33.7. The maximum Gasteiger partial charge on any atom is 0.324 e. The third-order valence-corrected chi connectivity index (χ3v) is 10.9. The highest BCUT2D eigenvalue weighted by atomic mass is 31.2. The van der Waals surface area contributed by atoms with Crippen molar-refractivity contribution < 1.29 is 28.3 Å². The van der Waals surface area contributed by atoms with Gasteiger partial charge in [-0.1, -0.05) is 50.2 Å². The number of rotatable bonds is 15. The highest BCUT2D eigenvalue weighted by Gasteiger charge is 2.18. The average Bonchev–Trinajstić information content (AvgIpc) is 3.63. The Bertz CT molecular complexity index is 2420. The van der Waals surface area contributed by atoms with Crippen LogP contribution in [0.3, 0.4) is 0 Å². The normalized spacial score (nSPS) is 13.4. The highest BCUT2D eigenvalue weighted by Crippen LogP contribution is 2.41. The van der Waals surface area contributed by atoms with E-state index in [1.807, 2.05) is 97.1 Å². The molecule has 7 rings (SSSR count). The van der Waals surface area contributed by atoms with Gasteiger partial charge in [0.1, 0.15) is 35.4 Å². The number of urea groups is 1. The molecule has 302 valence electrons. The largest absolute Gasteiger partial charge is 0.497 e. The van der Waals surface area contributed by atoms with E-state index in [4.69, 9.17) is 24.0 Å². The Morgan fingerprint density at radius 2 is 1.66 bits per heavy atom. The van der Waals surface area contributed by atoms with Crippen molar-refractivity contribution in [2.75, 3.05) is 70.5 Å². The zero-order chi connectivity index (χ0) is 40.6. The van der Waals surface area contributed by atoms with Crippen LogP contribution in [0.25, 0.3) is 16.5 Å². The number of methoxy groups -OCH3 is 1. The molecule has 0 unspecified atom stereocenters. The molecular formula is C45H51N6O6P. The second kappa shape index (κ2) is 18.3. The van der Waals surface area contributed by atoms with E-state index in [-0.39, 0.29) is 5.92 Å². The molecule has 3 heterocycles. The number of amides is 2. The summed E-state index contributed by atoms with van der Waals surface area (Å²) >= 11 is 0. The molecule has 2 N–H and O–H groups in total. The van der Waals surface area contributed by atoms with E-state index in [1.165, 1.54) is 0 Å². The number of ether oxygens (including phenoxy) is 4. The molecule has 58 heavy (non-hydrogen) atoms. The minimum atomic E-state index is -2.29. The van der Waals surface area contributed by atoms with Crippen LogP contribution in [-0.4, -0.2) is 85.6 Å². The van der Waals surface area contributed by atoms with Gasteiger partial charge in [-0.25, -0.2) is 9.48 Å². The van der Waals surface area contributed by atoms with Crippen molar-refractivity contribution in [3.8, 4) is 28.7 Å². The Balaban J connectivity index is 1.05. The number of fused-ring (bicyclic) bond motifs is 1. The maximum atomic E-state index is 13.6. The Morgan fingerprint density at radius 3 is 2.43 bits per heavy atom. The first-order chi connectivity index (χ1) is 28.0. The SMILES string of the molecule is COc1cc(Cc2cc(Oc3ccc(NC(=O)Nc4cc(C(C)C)nn4-c4cccc(CP(C)(C)=O)c4)c4ccccc34)ccn2)cc(OCCN2CCOCC2)c1. The molecule has 0 saturated carbocycles. The lowest BCUT2D eigenvalue weighted by Gasteiger charge is -2.26. The molecule has 2 amide bonds. The minimum absolute atomic E-state index is 0.137. The van der Waals surface area contributed by atoms with Gasteiger partial charge in [0, 0.05) is 73.1 Å². The fraction of sp³-hybridized carbons (Fsp3) is 0.311. The van der Waals surface area contributed by atoms with E-state index in [0.717, 1.165) is 83.3 Å². The first kappa shape index (κ1) is 40.5. The minimum Gasteiger partial charge on any atom is -0.497 e. The summed E-state index contributed by atoms with van der Waals surface area (Å²) in [6.07, 6.45) is 2.77. The average molecular weight is 803 g/mol. The van der Waals surface area contributed by atoms with Crippen LogP contribution in [0.2, 0.25) is 0 Å². The van der Waals surface area contributed by atoms with Crippen LogP contribution in [0, 0.1) is 0 Å². The van der Waals surface area contributed by atoms with Gasteiger partial charge < -0.3 is 28.8 Å². The smallest absolute Gasteiger partial charge is 0.324 e. The number of anilines is 2. The maximum absolute atomic E-state index is 13.6. The Morgan fingerprint density at radius 1 is 0.862 bits per heavy atom. The molecule has 12 nitrogen and oxygen atoms in total. The van der Waals surface area contributed by atoms with Gasteiger partial charge >= 0.3 is 6.03 Å². The number of pyridine rings is 1. The monoisotopic (exact) mass is 802 g/mol. The molecule has 2 aromatic heterocycles. The van der Waals surface area contributed by atoms with E-state index in [0.29, 0.717) is 42.2 Å². The van der Waals surface area contributed by atoms with Gasteiger partial charge in [-0.2, -0.15) is 5.10 Å². The number of nitrogens with one attached hydrogen (secondary N) is 2. The van der Waals surface area contributed by atoms with E-state index in [1.54, 1.807) is 31.3 Å². The molecule has 0 aliphatic carbocycles. The fourth-order valence-electron chi connectivity index (χ4n) is 6.94. The third-order valence-electron chi connectivity index (χ3n) is 9.77. The van der Waals surface area contributed by atoms with Crippen molar-refractivity contribution in [1.82, 2.24) is 19.7 Å². The molecule has 1 saturated heterocycles. The third kappa shape index (κ3) is 10.6. The van der Waals surface area contributed by atoms with E-state index in [2.05, 4.69) is 34.4 Å². The van der Waals surface area contributed by atoms with E-state index in [9.17, 15) is 9.36 Å². The summed E-state index contributed by atoms with van der Waals surface area (Å²) in [6.45, 7) is 12.4. The van der Waals surface area contributed by atoms with Crippen LogP contribution in [0.5, 0.6) is 23.0 Å². The quantitative estimate of drug-likeness (QED) is 0.0976. The summed E-state index contributed by atoms with van der Waals surface area (Å²) in [5.41, 5.74) is 5.01. The first-order valence-electron chi connectivity index (χ1n) is 19.6. The molecule has 1 fully saturated rings. The van der Waals surface area contributed by atoms with Crippen LogP contribution >= 0.6 is 7.14 Å². The number of morpholine rings is 1. The predicted molar refractivity (Wildman–Crippen MR) is 230 cm³/mol. The van der Waals surface area contributed by atoms with Crippen molar-refractivity contribution in [2.45, 2.75) is 32.3 Å². The fourth-order valence-corrected chi connectivity index (χ4v) is 8.01. The lowest BCUT2D eigenvalue weighted by atomic mass is 10.1. The first-order valence-corrected chi connectivity index (χ1v) is 22.3. The molecule has 1 aliphatic rings. The topological polar surface area (TPSA) is 129 Å². The van der Waals surface area contributed by atoms with Gasteiger partial charge in [-0.15, -0.1) is 0 Å². The standard InChI is InChI=1S/C45H51N6O6P/c1-31(2)42-29-44(51(49-42)35-10-8-9-32(24-35)30-58(4,5)53)48-45(52)47-41-13-14-43(40-12-7-6-11-39(40)41)57-36-15-16-46-34(27-36)23-33-25-37(54-3)28-38(26-33)56-22-19-50-17-20-55-21-18-50/h6-16,24-29,31H,17-23,30H2,1-5H3,(H2,47,48,52). The Hall–Kier alpha value is -5.68. The summed E-state index contributed by atoms with van der Waals surface area (Å²) in [5, 5.41) is 12.5. The molecule has 13 heteroatoms. The van der Waals surface area contributed by atoms with Crippen molar-refractivity contribution in [3.63, 3.8) is 0 Å². The summed E-state index contributed by atoms with van der Waals surface area (Å²) in [7, 11) is -0.632. The zero-order valence-corrected chi connectivity index (χ0v) is 34.6. The number of carbonyl (C=O) groups is 1. The molecule has 0 radical (unpaired) electrons. The highest BCUT2D eigenvalue weighted by molar-refractivity contribution is 7.61. The summed E-state index contributed by atoms with van der Waals surface area (Å²) in [4.78, 5) is 20.6. The predicted octanol–water partition coefficient (Wildman–Crippen LogP) is 9.41. The molecule has 6 aromatic rings. The van der Waals surface area contributed by atoms with Crippen molar-refractivity contribution in [2.24, 2.45) is 0 Å². The van der Waals surface area contributed by atoms with Crippen molar-refractivity contribution >= 4 is 35.5 Å². The number of carbonyl (C=O) groups excluding carboxylic acids is 1. The molecular weight excluding hydrogens is 752 g/mol. The number of benzene rings is 4. The van der Waals surface area contributed by atoms with E-state index >= 15 is 0 Å². The Labute approximate surface area is 339 Å². The van der Waals surface area contributed by atoms with Crippen molar-refractivity contribution in [3.05, 3.63) is 126 Å². The van der Waals surface area contributed by atoms with Gasteiger partial charge in [-0.05, 0) is 72.8 Å². The summed E-state index contributed by atoms with van der Waals surface area (Å²) in [5.74, 6) is 3.41. The van der Waals surface area contributed by atoms with Crippen LogP contribution in [0.1, 0.15) is 42.3 Å². The van der Waals surface area contributed by atoms with Gasteiger partial charge in [0.25, 0.3) is 0 Å². The summed E-state index contributed by atoms with van der Waals surface area (Å²) in [6, 6.07) is 30.4. The molecule has 0 spiro atoms. The molecule has 0 atom stereocenters. The lowest BCUT2D eigenvalue weighted by molar-refractivity contribution is 0.0322. The number of hydrogen-bond acceptors (Lipinski definition) is 9. The van der Waals surface area contributed by atoms with Crippen LogP contribution in [-0.2, 0) is 21.9 Å². The van der Waals surface area contributed by atoms with Crippen LogP contribution < -0.4 is 24.8 Å². The number of hydrogen-bond donors (Lipinski definition) is 2. The summed E-state index contributed by atoms with van der Waals surface area (Å²) < 4.78 is 38.0. The number of nitrogens with zero attached hydrogens (tertiary/aromatic N) is 4. The van der Waals surface area contributed by atoms with Gasteiger partial charge in [-0.3, -0.25) is 15.2 Å². The molecule has 1 aliphatic heterocycles. The second-order valence-corrected chi connectivity index (χ2v) is 18.7. The van der Waals surface area contributed by atoms with Crippen molar-refractivity contribution in [1.29, 1.82) is 0 Å². The second-order valence-electron chi connectivity index (χ2n) is 15.2. The number of aromatic nitrogens is 3. The van der Waals surface area contributed by atoms with E-state index < -0.39 is 13.2 Å². The molecule has 4 aromatic carbocycles. The Kier molecular flexibility index (Phi) is 12.8. The molecule has 0 bridgehead atoms. The van der Waals surface area contributed by atoms with Crippen LogP contribution in [0.4, 0.5) is 16.3 Å². The van der Waals surface area contributed by atoms with Gasteiger partial charge in [0.2, 0.25) is 0 Å². The van der Waals surface area contributed by atoms with Gasteiger partial charge in [0.05, 0.1) is 44.5 Å².